The number of amides is 3. The van der Waals surface area contributed by atoms with Gasteiger partial charge in [-0.1, -0.05) is 29.5 Å². The number of methoxy groups -OCH3 is 1. The molecule has 0 radical (unpaired) electrons. The largest absolute Gasteiger partial charge is 0.383 e. The van der Waals surface area contributed by atoms with Crippen LogP contribution in [-0.4, -0.2) is 69.3 Å². The molecule has 1 saturated heterocycles. The minimum atomic E-state index is -3.30. The number of thiazole rings is 1. The number of ether oxygens (including phenoxy) is 1. The minimum absolute atomic E-state index is 0.0114. The van der Waals surface area contributed by atoms with Gasteiger partial charge in [0.25, 0.3) is 0 Å². The molecular weight excluding hydrogens is 488 g/mol. The van der Waals surface area contributed by atoms with Crippen LogP contribution in [0.1, 0.15) is 19.3 Å². The highest BCUT2D eigenvalue weighted by molar-refractivity contribution is 7.90. The van der Waals surface area contributed by atoms with Crippen molar-refractivity contribution in [1.29, 1.82) is 0 Å². The molecule has 0 spiro atoms. The first kappa shape index (κ1) is 25.1. The van der Waals surface area contributed by atoms with Crippen LogP contribution in [0.3, 0.4) is 0 Å². The predicted octanol–water partition coefficient (Wildman–Crippen LogP) is 3.52. The quantitative estimate of drug-likeness (QED) is 0.473. The predicted molar refractivity (Wildman–Crippen MR) is 136 cm³/mol. The van der Waals surface area contributed by atoms with Gasteiger partial charge in [-0.05, 0) is 48.2 Å². The number of aromatic nitrogens is 1. The zero-order valence-electron chi connectivity index (χ0n) is 19.6. The van der Waals surface area contributed by atoms with E-state index < -0.39 is 15.9 Å². The Morgan fingerprint density at radius 3 is 2.77 bits per heavy atom. The van der Waals surface area contributed by atoms with Gasteiger partial charge in [-0.3, -0.25) is 10.1 Å². The van der Waals surface area contributed by atoms with E-state index in [4.69, 9.17) is 4.74 Å². The lowest BCUT2D eigenvalue weighted by Crippen LogP contribution is -2.40. The van der Waals surface area contributed by atoms with E-state index in [1.165, 1.54) is 17.6 Å². The Morgan fingerprint density at radius 2 is 2.00 bits per heavy atom. The molecule has 1 aromatic heterocycles. The lowest BCUT2D eigenvalue weighted by molar-refractivity contribution is -0.132. The number of carbonyl (C=O) groups is 2. The second-order valence-corrected chi connectivity index (χ2v) is 11.5. The van der Waals surface area contributed by atoms with Crippen LogP contribution in [-0.2, 0) is 19.4 Å². The maximum atomic E-state index is 12.5. The fourth-order valence-corrected chi connectivity index (χ4v) is 5.73. The van der Waals surface area contributed by atoms with Crippen molar-refractivity contribution >= 4 is 48.5 Å². The molecule has 2 heterocycles. The van der Waals surface area contributed by atoms with Gasteiger partial charge in [-0.2, -0.15) is 0 Å². The van der Waals surface area contributed by atoms with Crippen molar-refractivity contribution in [3.05, 3.63) is 42.5 Å². The molecule has 11 heteroatoms. The van der Waals surface area contributed by atoms with Gasteiger partial charge < -0.3 is 15.0 Å². The molecule has 0 bridgehead atoms. The summed E-state index contributed by atoms with van der Waals surface area (Å²) in [4.78, 5) is 31.3. The van der Waals surface area contributed by atoms with Crippen molar-refractivity contribution in [3.63, 3.8) is 0 Å². The molecule has 35 heavy (non-hydrogen) atoms. The molecule has 0 unspecified atom stereocenters. The smallest absolute Gasteiger partial charge is 0.321 e. The van der Waals surface area contributed by atoms with E-state index in [9.17, 15) is 18.0 Å². The zero-order chi connectivity index (χ0) is 25.0. The van der Waals surface area contributed by atoms with Crippen LogP contribution >= 0.6 is 11.3 Å². The summed E-state index contributed by atoms with van der Waals surface area (Å²) in [7, 11) is -1.67. The van der Waals surface area contributed by atoms with E-state index >= 15 is 0 Å². The number of carbonyl (C=O) groups excluding carboxylic acids is 2. The topological polar surface area (TPSA) is 118 Å². The van der Waals surface area contributed by atoms with Crippen molar-refractivity contribution < 1.29 is 22.7 Å². The molecular formula is C24H28N4O5S2. The van der Waals surface area contributed by atoms with E-state index in [1.54, 1.807) is 25.3 Å². The molecule has 3 aromatic rings. The Kier molecular flexibility index (Phi) is 7.68. The lowest BCUT2D eigenvalue weighted by atomic mass is 10.1. The van der Waals surface area contributed by atoms with Crippen LogP contribution in [0.5, 0.6) is 0 Å². The Labute approximate surface area is 208 Å². The number of nitrogens with one attached hydrogen (secondary N) is 2. The van der Waals surface area contributed by atoms with Gasteiger partial charge in [0.15, 0.2) is 15.0 Å². The van der Waals surface area contributed by atoms with Crippen LogP contribution in [0, 0.1) is 0 Å². The fourth-order valence-electron chi connectivity index (χ4n) is 4.16. The number of sulfone groups is 1. The Morgan fingerprint density at radius 1 is 1.20 bits per heavy atom. The first-order chi connectivity index (χ1) is 16.7. The van der Waals surface area contributed by atoms with Gasteiger partial charge in [-0.15, -0.1) is 0 Å². The Bertz CT molecular complexity index is 1340. The SMILES string of the molecule is COC[C@H]1CCCN1C(=O)CCNC(=O)Nc1nc2ccc(-c3cccc(S(C)(=O)=O)c3)cc2s1. The maximum absolute atomic E-state index is 12.5. The summed E-state index contributed by atoms with van der Waals surface area (Å²) in [5, 5.41) is 5.88. The number of fused-ring (bicyclic) bond motifs is 1. The maximum Gasteiger partial charge on any atom is 0.321 e. The molecule has 2 aromatic carbocycles. The van der Waals surface area contributed by atoms with Crippen molar-refractivity contribution in [2.45, 2.75) is 30.2 Å². The zero-order valence-corrected chi connectivity index (χ0v) is 21.2. The summed E-state index contributed by atoms with van der Waals surface area (Å²) >= 11 is 1.32. The van der Waals surface area contributed by atoms with E-state index in [0.717, 1.165) is 40.7 Å². The third-order valence-corrected chi connectivity index (χ3v) is 7.93. The summed E-state index contributed by atoms with van der Waals surface area (Å²) < 4.78 is 29.8. The number of nitrogens with zero attached hydrogens (tertiary/aromatic N) is 2. The number of urea groups is 1. The normalized spacial score (nSPS) is 15.9. The molecule has 186 valence electrons. The van der Waals surface area contributed by atoms with Crippen molar-refractivity contribution in [2.24, 2.45) is 0 Å². The molecule has 2 N–H and O–H groups in total. The molecule has 0 aliphatic carbocycles. The fraction of sp³-hybridized carbons (Fsp3) is 0.375. The van der Waals surface area contributed by atoms with Crippen molar-refractivity contribution in [2.75, 3.05) is 38.4 Å². The number of rotatable bonds is 8. The first-order valence-electron chi connectivity index (χ1n) is 11.3. The van der Waals surface area contributed by atoms with E-state index in [2.05, 4.69) is 15.6 Å². The average Bonchev–Trinajstić information content (AvgIpc) is 3.44. The second-order valence-electron chi connectivity index (χ2n) is 8.47. The second kappa shape index (κ2) is 10.7. The molecule has 9 nitrogen and oxygen atoms in total. The summed E-state index contributed by atoms with van der Waals surface area (Å²) in [6, 6.07) is 12.1. The lowest BCUT2D eigenvalue weighted by Gasteiger charge is -2.24. The van der Waals surface area contributed by atoms with Crippen LogP contribution < -0.4 is 10.6 Å². The molecule has 1 atom stereocenters. The highest BCUT2D eigenvalue weighted by Gasteiger charge is 2.28. The summed E-state index contributed by atoms with van der Waals surface area (Å²) in [6.45, 7) is 1.49. The molecule has 3 amide bonds. The Balaban J connectivity index is 1.35. The van der Waals surface area contributed by atoms with Gasteiger partial charge in [-0.25, -0.2) is 18.2 Å². The van der Waals surface area contributed by atoms with Gasteiger partial charge in [0, 0.05) is 32.9 Å². The van der Waals surface area contributed by atoms with Crippen LogP contribution in [0.4, 0.5) is 9.93 Å². The summed E-state index contributed by atoms with van der Waals surface area (Å²) in [6.07, 6.45) is 3.32. The summed E-state index contributed by atoms with van der Waals surface area (Å²) in [5.41, 5.74) is 2.36. The van der Waals surface area contributed by atoms with E-state index in [-0.39, 0.29) is 29.8 Å². The van der Waals surface area contributed by atoms with Crippen molar-refractivity contribution in [1.82, 2.24) is 15.2 Å². The number of hydrogen-bond donors (Lipinski definition) is 2. The van der Waals surface area contributed by atoms with Gasteiger partial charge in [0.1, 0.15) is 0 Å². The standard InChI is InChI=1S/C24H28N4O5S2/c1-33-15-18-6-4-12-28(18)22(29)10-11-25-23(30)27-24-26-20-9-8-17(14-21(20)34-24)16-5-3-7-19(13-16)35(2,31)32/h3,5,7-9,13-14,18H,4,6,10-12,15H2,1-2H3,(H2,25,26,27,30)/t18-/m1/s1. The van der Waals surface area contributed by atoms with Gasteiger partial charge in [0.2, 0.25) is 5.91 Å². The number of hydrogen-bond acceptors (Lipinski definition) is 7. The molecule has 4 rings (SSSR count). The number of anilines is 1. The van der Waals surface area contributed by atoms with Crippen molar-refractivity contribution in [3.8, 4) is 11.1 Å². The van der Waals surface area contributed by atoms with Crippen LogP contribution in [0.2, 0.25) is 0 Å². The monoisotopic (exact) mass is 516 g/mol. The molecule has 1 aliphatic rings. The van der Waals surface area contributed by atoms with E-state index in [0.29, 0.717) is 11.7 Å². The number of likely N-dealkylation sites (tertiary alicyclic amines) is 1. The third-order valence-electron chi connectivity index (χ3n) is 5.89. The summed E-state index contributed by atoms with van der Waals surface area (Å²) in [5.74, 6) is 0.0114. The average molecular weight is 517 g/mol. The van der Waals surface area contributed by atoms with E-state index in [1.807, 2.05) is 29.2 Å². The molecule has 1 fully saturated rings. The van der Waals surface area contributed by atoms with Gasteiger partial charge in [0.05, 0.1) is 27.8 Å². The third kappa shape index (κ3) is 6.16. The molecule has 0 saturated carbocycles. The number of benzene rings is 2. The molecule has 1 aliphatic heterocycles. The highest BCUT2D eigenvalue weighted by Crippen LogP contribution is 2.31. The van der Waals surface area contributed by atoms with Crippen LogP contribution in [0.15, 0.2) is 47.4 Å². The van der Waals surface area contributed by atoms with Crippen LogP contribution in [0.25, 0.3) is 21.3 Å². The Hall–Kier alpha value is -3.02. The highest BCUT2D eigenvalue weighted by atomic mass is 32.2. The minimum Gasteiger partial charge on any atom is -0.383 e. The van der Waals surface area contributed by atoms with Gasteiger partial charge >= 0.3 is 6.03 Å². The first-order valence-corrected chi connectivity index (χ1v) is 14.0.